The molecule has 3 aromatic rings. The number of aromatic nitrogens is 2. The van der Waals surface area contributed by atoms with Crippen molar-refractivity contribution in [3.05, 3.63) is 41.4 Å². The molecule has 18 heavy (non-hydrogen) atoms. The van der Waals surface area contributed by atoms with Crippen molar-refractivity contribution >= 4 is 38.8 Å². The van der Waals surface area contributed by atoms with E-state index in [2.05, 4.69) is 9.97 Å². The first-order valence-electron chi connectivity index (χ1n) is 5.11. The molecule has 0 radical (unpaired) electrons. The van der Waals surface area contributed by atoms with Crippen LogP contribution in [0.2, 0.25) is 5.02 Å². The SMILES string of the molecule is Nc1cccc(Cl)c1-c1nc2c(F)cncc2s1. The summed E-state index contributed by atoms with van der Waals surface area (Å²) < 4.78 is 14.2. The van der Waals surface area contributed by atoms with Gasteiger partial charge in [-0.05, 0) is 12.1 Å². The van der Waals surface area contributed by atoms with Crippen molar-refractivity contribution in [3.63, 3.8) is 0 Å². The Morgan fingerprint density at radius 1 is 1.28 bits per heavy atom. The zero-order valence-corrected chi connectivity index (χ0v) is 10.6. The highest BCUT2D eigenvalue weighted by Crippen LogP contribution is 2.38. The molecule has 0 spiro atoms. The number of anilines is 1. The third-order valence-corrected chi connectivity index (χ3v) is 3.84. The van der Waals surface area contributed by atoms with Gasteiger partial charge in [-0.1, -0.05) is 17.7 Å². The van der Waals surface area contributed by atoms with Crippen molar-refractivity contribution in [2.45, 2.75) is 0 Å². The number of rotatable bonds is 1. The van der Waals surface area contributed by atoms with Crippen LogP contribution in [0.1, 0.15) is 0 Å². The average molecular weight is 280 g/mol. The summed E-state index contributed by atoms with van der Waals surface area (Å²) in [7, 11) is 0. The monoisotopic (exact) mass is 279 g/mol. The third-order valence-electron chi connectivity index (χ3n) is 2.52. The van der Waals surface area contributed by atoms with E-state index in [0.717, 1.165) is 6.20 Å². The lowest BCUT2D eigenvalue weighted by Gasteiger charge is -2.03. The molecule has 0 aliphatic carbocycles. The fourth-order valence-electron chi connectivity index (χ4n) is 1.70. The minimum atomic E-state index is -0.444. The van der Waals surface area contributed by atoms with E-state index in [4.69, 9.17) is 17.3 Å². The molecule has 0 atom stereocenters. The molecule has 0 saturated carbocycles. The van der Waals surface area contributed by atoms with Crippen molar-refractivity contribution in [1.29, 1.82) is 0 Å². The second kappa shape index (κ2) is 4.19. The van der Waals surface area contributed by atoms with Gasteiger partial charge in [0.05, 0.1) is 21.5 Å². The van der Waals surface area contributed by atoms with Crippen LogP contribution in [-0.2, 0) is 0 Å². The van der Waals surface area contributed by atoms with E-state index in [0.29, 0.717) is 31.5 Å². The number of nitrogens with two attached hydrogens (primary N) is 1. The highest BCUT2D eigenvalue weighted by atomic mass is 35.5. The first-order chi connectivity index (χ1) is 8.66. The summed E-state index contributed by atoms with van der Waals surface area (Å²) in [6.07, 6.45) is 2.72. The minimum absolute atomic E-state index is 0.296. The summed E-state index contributed by atoms with van der Waals surface area (Å²) in [5.41, 5.74) is 7.34. The Morgan fingerprint density at radius 2 is 2.11 bits per heavy atom. The maximum atomic E-state index is 13.5. The van der Waals surface area contributed by atoms with Crippen molar-refractivity contribution < 1.29 is 4.39 Å². The van der Waals surface area contributed by atoms with E-state index in [1.165, 1.54) is 11.3 Å². The van der Waals surface area contributed by atoms with Gasteiger partial charge in [-0.3, -0.25) is 4.98 Å². The van der Waals surface area contributed by atoms with E-state index in [1.807, 2.05) is 0 Å². The molecule has 2 N–H and O–H groups in total. The lowest BCUT2D eigenvalue weighted by Crippen LogP contribution is -1.90. The summed E-state index contributed by atoms with van der Waals surface area (Å²) in [6.45, 7) is 0. The molecule has 0 fully saturated rings. The molecule has 0 amide bonds. The van der Waals surface area contributed by atoms with E-state index >= 15 is 0 Å². The van der Waals surface area contributed by atoms with Gasteiger partial charge in [0.25, 0.3) is 0 Å². The minimum Gasteiger partial charge on any atom is -0.398 e. The van der Waals surface area contributed by atoms with E-state index in [9.17, 15) is 4.39 Å². The Hall–Kier alpha value is -1.72. The van der Waals surface area contributed by atoms with Gasteiger partial charge in [-0.25, -0.2) is 9.37 Å². The van der Waals surface area contributed by atoms with Gasteiger partial charge in [0, 0.05) is 11.9 Å². The molecule has 0 aliphatic rings. The Labute approximate surface area is 111 Å². The van der Waals surface area contributed by atoms with Gasteiger partial charge in [0.15, 0.2) is 5.82 Å². The lowest BCUT2D eigenvalue weighted by molar-refractivity contribution is 0.631. The Balaban J connectivity index is 2.30. The maximum Gasteiger partial charge on any atom is 0.168 e. The van der Waals surface area contributed by atoms with Crippen molar-refractivity contribution in [2.75, 3.05) is 5.73 Å². The normalized spacial score (nSPS) is 11.0. The molecule has 90 valence electrons. The zero-order valence-electron chi connectivity index (χ0n) is 9.02. The highest BCUT2D eigenvalue weighted by molar-refractivity contribution is 7.21. The molecule has 0 aliphatic heterocycles. The van der Waals surface area contributed by atoms with Crippen LogP contribution in [-0.4, -0.2) is 9.97 Å². The van der Waals surface area contributed by atoms with Crippen molar-refractivity contribution in [3.8, 4) is 10.6 Å². The standard InChI is InChI=1S/C12H7ClFN3S/c13-6-2-1-3-8(15)10(6)12-17-11-7(14)4-16-5-9(11)18-12/h1-5H,15H2. The first-order valence-corrected chi connectivity index (χ1v) is 6.30. The van der Waals surface area contributed by atoms with E-state index in [1.54, 1.807) is 24.4 Å². The van der Waals surface area contributed by atoms with Gasteiger partial charge in [0.2, 0.25) is 0 Å². The molecule has 1 aromatic carbocycles. The fraction of sp³-hybridized carbons (Fsp3) is 0. The molecule has 3 rings (SSSR count). The molecule has 6 heteroatoms. The predicted molar refractivity (Wildman–Crippen MR) is 72.2 cm³/mol. The van der Waals surface area contributed by atoms with E-state index < -0.39 is 5.82 Å². The Morgan fingerprint density at radius 3 is 2.83 bits per heavy atom. The van der Waals surface area contributed by atoms with Crippen molar-refractivity contribution in [1.82, 2.24) is 9.97 Å². The average Bonchev–Trinajstić information content (AvgIpc) is 2.74. The quantitative estimate of drug-likeness (QED) is 0.691. The largest absolute Gasteiger partial charge is 0.398 e. The predicted octanol–water partition coefficient (Wildman–Crippen LogP) is 3.73. The van der Waals surface area contributed by atoms with E-state index in [-0.39, 0.29) is 0 Å². The van der Waals surface area contributed by atoms with Crippen LogP contribution in [0.5, 0.6) is 0 Å². The van der Waals surface area contributed by atoms with Crippen LogP contribution in [0.4, 0.5) is 10.1 Å². The van der Waals surface area contributed by atoms with Gasteiger partial charge in [-0.2, -0.15) is 0 Å². The molecular weight excluding hydrogens is 273 g/mol. The number of benzene rings is 1. The summed E-state index contributed by atoms with van der Waals surface area (Å²) >= 11 is 7.42. The van der Waals surface area contributed by atoms with Crippen LogP contribution in [0.3, 0.4) is 0 Å². The zero-order chi connectivity index (χ0) is 12.7. The summed E-state index contributed by atoms with van der Waals surface area (Å²) in [5, 5.41) is 1.10. The Kier molecular flexibility index (Phi) is 2.65. The second-order valence-corrected chi connectivity index (χ2v) is 5.13. The topological polar surface area (TPSA) is 51.8 Å². The van der Waals surface area contributed by atoms with Crippen LogP contribution >= 0.6 is 22.9 Å². The summed E-state index contributed by atoms with van der Waals surface area (Å²) in [5.74, 6) is -0.444. The second-order valence-electron chi connectivity index (χ2n) is 3.69. The molecule has 0 saturated heterocycles. The van der Waals surface area contributed by atoms with Gasteiger partial charge < -0.3 is 5.73 Å². The number of nitrogen functional groups attached to an aromatic ring is 1. The number of fused-ring (bicyclic) bond motifs is 1. The number of hydrogen-bond acceptors (Lipinski definition) is 4. The van der Waals surface area contributed by atoms with Crippen LogP contribution in [0.25, 0.3) is 20.8 Å². The summed E-state index contributed by atoms with van der Waals surface area (Å²) in [4.78, 5) is 8.04. The fourth-order valence-corrected chi connectivity index (χ4v) is 3.05. The lowest BCUT2D eigenvalue weighted by atomic mass is 10.2. The van der Waals surface area contributed by atoms with Gasteiger partial charge >= 0.3 is 0 Å². The molecule has 2 heterocycles. The maximum absolute atomic E-state index is 13.5. The smallest absolute Gasteiger partial charge is 0.168 e. The number of nitrogens with zero attached hydrogens (tertiary/aromatic N) is 2. The molecule has 0 bridgehead atoms. The molecule has 2 aromatic heterocycles. The molecule has 3 nitrogen and oxygen atoms in total. The number of hydrogen-bond donors (Lipinski definition) is 1. The number of thiazole rings is 1. The Bertz CT molecular complexity index is 721. The van der Waals surface area contributed by atoms with Crippen molar-refractivity contribution in [2.24, 2.45) is 0 Å². The van der Waals surface area contributed by atoms with Gasteiger partial charge in [0.1, 0.15) is 10.5 Å². The first kappa shape index (κ1) is 11.4. The highest BCUT2D eigenvalue weighted by Gasteiger charge is 2.14. The van der Waals surface area contributed by atoms with Crippen LogP contribution in [0, 0.1) is 5.82 Å². The van der Waals surface area contributed by atoms with Crippen LogP contribution < -0.4 is 5.73 Å². The number of pyridine rings is 1. The number of halogens is 2. The summed E-state index contributed by atoms with van der Waals surface area (Å²) in [6, 6.07) is 5.23. The molecule has 0 unspecified atom stereocenters. The third kappa shape index (κ3) is 1.72. The van der Waals surface area contributed by atoms with Gasteiger partial charge in [-0.15, -0.1) is 11.3 Å². The molecular formula is C12H7ClFN3S. The van der Waals surface area contributed by atoms with Crippen LogP contribution in [0.15, 0.2) is 30.6 Å².